The Morgan fingerprint density at radius 3 is 2.44 bits per heavy atom. The minimum absolute atomic E-state index is 0.352. The van der Waals surface area contributed by atoms with E-state index in [1.165, 1.54) is 58.2 Å². The van der Waals surface area contributed by atoms with Crippen LogP contribution >= 0.6 is 0 Å². The molecule has 2 fully saturated rings. The molecule has 18 heavy (non-hydrogen) atoms. The Morgan fingerprint density at radius 1 is 1.17 bits per heavy atom. The van der Waals surface area contributed by atoms with Crippen LogP contribution in [-0.2, 0) is 0 Å². The molecule has 1 saturated carbocycles. The molecular formula is C16H32N2. The molecule has 106 valence electrons. The lowest BCUT2D eigenvalue weighted by molar-refractivity contribution is 0.0851. The molecule has 0 bridgehead atoms. The zero-order valence-corrected chi connectivity index (χ0v) is 12.6. The predicted molar refractivity (Wildman–Crippen MR) is 78.6 cm³/mol. The number of nitrogens with zero attached hydrogens (tertiary/aromatic N) is 1. The topological polar surface area (TPSA) is 29.3 Å². The largest absolute Gasteiger partial charge is 0.327 e. The summed E-state index contributed by atoms with van der Waals surface area (Å²) in [7, 11) is 0. The van der Waals surface area contributed by atoms with Crippen molar-refractivity contribution in [1.29, 1.82) is 0 Å². The van der Waals surface area contributed by atoms with Crippen molar-refractivity contribution in [2.24, 2.45) is 23.0 Å². The van der Waals surface area contributed by atoms with E-state index in [9.17, 15) is 0 Å². The van der Waals surface area contributed by atoms with Crippen molar-refractivity contribution < 1.29 is 0 Å². The van der Waals surface area contributed by atoms with Crippen LogP contribution in [0.3, 0.4) is 0 Å². The van der Waals surface area contributed by atoms with Crippen LogP contribution in [-0.4, -0.2) is 30.6 Å². The van der Waals surface area contributed by atoms with Gasteiger partial charge < -0.3 is 10.6 Å². The molecule has 1 saturated heterocycles. The minimum atomic E-state index is 0.352. The van der Waals surface area contributed by atoms with Crippen molar-refractivity contribution in [1.82, 2.24) is 4.90 Å². The summed E-state index contributed by atoms with van der Waals surface area (Å²) in [5.74, 6) is 1.71. The molecule has 1 aliphatic carbocycles. The summed E-state index contributed by atoms with van der Waals surface area (Å²) in [5.41, 5.74) is 6.85. The Labute approximate surface area is 113 Å². The average Bonchev–Trinajstić information content (AvgIpc) is 2.36. The van der Waals surface area contributed by atoms with Gasteiger partial charge in [-0.2, -0.15) is 0 Å². The number of likely N-dealkylation sites (tertiary alicyclic amines) is 1. The monoisotopic (exact) mass is 252 g/mol. The third-order valence-electron chi connectivity index (χ3n) is 5.58. The predicted octanol–water partition coefficient (Wildman–Crippen LogP) is 3.26. The Hall–Kier alpha value is -0.0800. The summed E-state index contributed by atoms with van der Waals surface area (Å²) in [6.07, 6.45) is 8.20. The normalized spacial score (nSPS) is 34.7. The van der Waals surface area contributed by atoms with E-state index in [0.29, 0.717) is 11.5 Å². The molecule has 2 atom stereocenters. The highest BCUT2D eigenvalue weighted by molar-refractivity contribution is 4.92. The maximum absolute atomic E-state index is 6.50. The summed E-state index contributed by atoms with van der Waals surface area (Å²) < 4.78 is 0. The standard InChI is InChI=1S/C16H32N2/c1-4-13-7-10-18(11-8-13)12-14-6-5-9-16(2,3)15(14)17/h13-15H,4-12,17H2,1-3H3. The van der Waals surface area contributed by atoms with E-state index in [2.05, 4.69) is 25.7 Å². The highest BCUT2D eigenvalue weighted by atomic mass is 15.1. The Balaban J connectivity index is 1.82. The molecule has 2 N–H and O–H groups in total. The lowest BCUT2D eigenvalue weighted by Crippen LogP contribution is -2.51. The van der Waals surface area contributed by atoms with E-state index in [4.69, 9.17) is 5.73 Å². The second-order valence-electron chi connectivity index (χ2n) is 7.32. The molecule has 0 aromatic heterocycles. The van der Waals surface area contributed by atoms with Crippen LogP contribution in [0.1, 0.15) is 59.3 Å². The maximum atomic E-state index is 6.50. The first-order valence-corrected chi connectivity index (χ1v) is 8.01. The molecule has 0 radical (unpaired) electrons. The first kappa shape index (κ1) is 14.3. The Bertz CT molecular complexity index is 254. The molecule has 0 aromatic carbocycles. The highest BCUT2D eigenvalue weighted by Crippen LogP contribution is 2.38. The second-order valence-corrected chi connectivity index (χ2v) is 7.32. The molecule has 1 aliphatic heterocycles. The van der Waals surface area contributed by atoms with E-state index < -0.39 is 0 Å². The highest BCUT2D eigenvalue weighted by Gasteiger charge is 2.37. The van der Waals surface area contributed by atoms with Gasteiger partial charge >= 0.3 is 0 Å². The van der Waals surface area contributed by atoms with Crippen molar-refractivity contribution in [3.63, 3.8) is 0 Å². The molecule has 0 aromatic rings. The molecule has 0 spiro atoms. The maximum Gasteiger partial charge on any atom is 0.0131 e. The molecule has 2 unspecified atom stereocenters. The zero-order chi connectivity index (χ0) is 13.2. The van der Waals surface area contributed by atoms with Gasteiger partial charge in [-0.15, -0.1) is 0 Å². The van der Waals surface area contributed by atoms with Crippen LogP contribution in [0.25, 0.3) is 0 Å². The molecule has 0 amide bonds. The van der Waals surface area contributed by atoms with Gasteiger partial charge in [0, 0.05) is 12.6 Å². The molecule has 2 rings (SSSR count). The van der Waals surface area contributed by atoms with Crippen LogP contribution in [0.5, 0.6) is 0 Å². The Morgan fingerprint density at radius 2 is 1.83 bits per heavy atom. The van der Waals surface area contributed by atoms with Gasteiger partial charge in [0.15, 0.2) is 0 Å². The SMILES string of the molecule is CCC1CCN(CC2CCCC(C)(C)C2N)CC1. The Kier molecular flexibility index (Phi) is 4.71. The number of piperidine rings is 1. The van der Waals surface area contributed by atoms with Crippen LogP contribution in [0.2, 0.25) is 0 Å². The van der Waals surface area contributed by atoms with E-state index in [0.717, 1.165) is 11.8 Å². The second kappa shape index (κ2) is 5.92. The summed E-state index contributed by atoms with van der Waals surface area (Å²) in [4.78, 5) is 2.68. The smallest absolute Gasteiger partial charge is 0.0131 e. The molecule has 2 aliphatic rings. The van der Waals surface area contributed by atoms with E-state index in [-0.39, 0.29) is 0 Å². The van der Waals surface area contributed by atoms with Crippen molar-refractivity contribution in [2.75, 3.05) is 19.6 Å². The summed E-state index contributed by atoms with van der Waals surface area (Å²) in [6.45, 7) is 10.9. The number of hydrogen-bond acceptors (Lipinski definition) is 2. The average molecular weight is 252 g/mol. The summed E-state index contributed by atoms with van der Waals surface area (Å²) in [5, 5.41) is 0. The van der Waals surface area contributed by atoms with Crippen molar-refractivity contribution in [2.45, 2.75) is 65.3 Å². The van der Waals surface area contributed by atoms with Crippen molar-refractivity contribution in [3.05, 3.63) is 0 Å². The fraction of sp³-hybridized carbons (Fsp3) is 1.00. The van der Waals surface area contributed by atoms with Crippen LogP contribution in [0.4, 0.5) is 0 Å². The summed E-state index contributed by atoms with van der Waals surface area (Å²) >= 11 is 0. The molecule has 2 nitrogen and oxygen atoms in total. The van der Waals surface area contributed by atoms with Gasteiger partial charge in [-0.25, -0.2) is 0 Å². The first-order valence-electron chi connectivity index (χ1n) is 8.01. The lowest BCUT2D eigenvalue weighted by atomic mass is 9.68. The van der Waals surface area contributed by atoms with Crippen molar-refractivity contribution >= 4 is 0 Å². The van der Waals surface area contributed by atoms with Crippen LogP contribution in [0, 0.1) is 17.3 Å². The first-order chi connectivity index (χ1) is 8.53. The van der Waals surface area contributed by atoms with Gasteiger partial charge in [0.1, 0.15) is 0 Å². The van der Waals surface area contributed by atoms with E-state index >= 15 is 0 Å². The summed E-state index contributed by atoms with van der Waals surface area (Å²) in [6, 6.07) is 0.398. The number of rotatable bonds is 3. The quantitative estimate of drug-likeness (QED) is 0.835. The van der Waals surface area contributed by atoms with Crippen molar-refractivity contribution in [3.8, 4) is 0 Å². The third kappa shape index (κ3) is 3.27. The minimum Gasteiger partial charge on any atom is -0.327 e. The van der Waals surface area contributed by atoms with Gasteiger partial charge in [-0.3, -0.25) is 0 Å². The van der Waals surface area contributed by atoms with Gasteiger partial charge in [-0.05, 0) is 56.0 Å². The van der Waals surface area contributed by atoms with Crippen LogP contribution < -0.4 is 5.73 Å². The fourth-order valence-corrected chi connectivity index (χ4v) is 3.92. The molecule has 1 heterocycles. The molecular weight excluding hydrogens is 220 g/mol. The lowest BCUT2D eigenvalue weighted by Gasteiger charge is -2.44. The van der Waals surface area contributed by atoms with Gasteiger partial charge in [0.2, 0.25) is 0 Å². The fourth-order valence-electron chi connectivity index (χ4n) is 3.92. The molecule has 2 heteroatoms. The number of hydrogen-bond donors (Lipinski definition) is 1. The van der Waals surface area contributed by atoms with E-state index in [1.807, 2.05) is 0 Å². The van der Waals surface area contributed by atoms with Crippen LogP contribution in [0.15, 0.2) is 0 Å². The number of nitrogens with two attached hydrogens (primary N) is 1. The van der Waals surface area contributed by atoms with Gasteiger partial charge in [0.25, 0.3) is 0 Å². The third-order valence-corrected chi connectivity index (χ3v) is 5.58. The van der Waals surface area contributed by atoms with Gasteiger partial charge in [0.05, 0.1) is 0 Å². The van der Waals surface area contributed by atoms with Gasteiger partial charge in [-0.1, -0.05) is 33.6 Å². The zero-order valence-electron chi connectivity index (χ0n) is 12.6. The van der Waals surface area contributed by atoms with E-state index in [1.54, 1.807) is 0 Å².